The van der Waals surface area contributed by atoms with Gasteiger partial charge in [0.05, 0.1) is 19.2 Å². The van der Waals surface area contributed by atoms with Crippen LogP contribution in [-0.4, -0.2) is 17.2 Å². The number of aromatic amines is 1. The van der Waals surface area contributed by atoms with Crippen molar-refractivity contribution in [3.8, 4) is 5.75 Å². The number of H-pyrrole nitrogens is 1. The van der Waals surface area contributed by atoms with Crippen molar-refractivity contribution in [1.29, 1.82) is 0 Å². The number of aliphatic hydroxyl groups excluding tert-OH is 1. The maximum absolute atomic E-state index is 9.20. The van der Waals surface area contributed by atoms with Crippen LogP contribution in [0.1, 0.15) is 16.8 Å². The van der Waals surface area contributed by atoms with Crippen LogP contribution in [0.2, 0.25) is 0 Å². The van der Waals surface area contributed by atoms with Gasteiger partial charge in [-0.1, -0.05) is 6.07 Å². The van der Waals surface area contributed by atoms with Gasteiger partial charge in [-0.2, -0.15) is 0 Å². The molecule has 0 saturated carbocycles. The molecule has 0 bridgehead atoms. The van der Waals surface area contributed by atoms with Gasteiger partial charge in [-0.3, -0.25) is 0 Å². The Morgan fingerprint density at radius 1 is 1.33 bits per heavy atom. The molecular weight excluding hydrogens is 190 g/mol. The smallest absolute Gasteiger partial charge is 0.142 e. The Hall–Kier alpha value is -1.48. The molecule has 3 nitrogen and oxygen atoms in total. The van der Waals surface area contributed by atoms with Crippen LogP contribution in [0.4, 0.5) is 0 Å². The van der Waals surface area contributed by atoms with Gasteiger partial charge in [0.15, 0.2) is 0 Å². The minimum atomic E-state index is 0.0309. The Labute approximate surface area is 88.7 Å². The predicted octanol–water partition coefficient (Wildman–Crippen LogP) is 2.29. The van der Waals surface area contributed by atoms with Crippen molar-refractivity contribution in [2.24, 2.45) is 0 Å². The highest BCUT2D eigenvalue weighted by atomic mass is 16.5. The summed E-state index contributed by atoms with van der Waals surface area (Å²) in [5.41, 5.74) is 4.12. The third kappa shape index (κ3) is 1.39. The fraction of sp³-hybridized carbons (Fsp3) is 0.333. The second kappa shape index (κ2) is 3.59. The topological polar surface area (TPSA) is 45.2 Å². The molecule has 15 heavy (non-hydrogen) atoms. The minimum absolute atomic E-state index is 0.0309. The van der Waals surface area contributed by atoms with E-state index in [-0.39, 0.29) is 6.61 Å². The van der Waals surface area contributed by atoms with Gasteiger partial charge in [-0.25, -0.2) is 0 Å². The predicted molar refractivity (Wildman–Crippen MR) is 60.2 cm³/mol. The highest BCUT2D eigenvalue weighted by Gasteiger charge is 2.12. The first kappa shape index (κ1) is 10.1. The highest BCUT2D eigenvalue weighted by molar-refractivity contribution is 5.92. The molecule has 0 aliphatic carbocycles. The van der Waals surface area contributed by atoms with E-state index in [0.717, 1.165) is 27.9 Å². The van der Waals surface area contributed by atoms with Crippen molar-refractivity contribution >= 4 is 10.9 Å². The van der Waals surface area contributed by atoms with E-state index in [1.165, 1.54) is 5.56 Å². The molecule has 1 aromatic heterocycles. The fourth-order valence-electron chi connectivity index (χ4n) is 2.02. The molecule has 0 radical (unpaired) electrons. The van der Waals surface area contributed by atoms with Crippen LogP contribution in [0, 0.1) is 13.8 Å². The summed E-state index contributed by atoms with van der Waals surface area (Å²) in [6, 6.07) is 3.97. The lowest BCUT2D eigenvalue weighted by atomic mass is 10.1. The molecule has 0 amide bonds. The van der Waals surface area contributed by atoms with Crippen LogP contribution < -0.4 is 4.74 Å². The van der Waals surface area contributed by atoms with Crippen LogP contribution >= 0.6 is 0 Å². The molecule has 0 saturated heterocycles. The summed E-state index contributed by atoms with van der Waals surface area (Å²) in [5.74, 6) is 0.818. The zero-order chi connectivity index (χ0) is 11.0. The number of fused-ring (bicyclic) bond motifs is 1. The average Bonchev–Trinajstić information content (AvgIpc) is 2.57. The van der Waals surface area contributed by atoms with Crippen LogP contribution in [-0.2, 0) is 6.61 Å². The maximum atomic E-state index is 9.20. The summed E-state index contributed by atoms with van der Waals surface area (Å²) < 4.78 is 5.28. The molecule has 0 fully saturated rings. The quantitative estimate of drug-likeness (QED) is 0.790. The Morgan fingerprint density at radius 2 is 2.07 bits per heavy atom. The van der Waals surface area contributed by atoms with E-state index in [2.05, 4.69) is 11.9 Å². The summed E-state index contributed by atoms with van der Waals surface area (Å²) in [4.78, 5) is 3.20. The Morgan fingerprint density at radius 3 is 2.67 bits per heavy atom. The molecule has 0 aliphatic rings. The van der Waals surface area contributed by atoms with Gasteiger partial charge in [0.2, 0.25) is 0 Å². The zero-order valence-corrected chi connectivity index (χ0v) is 9.22. The van der Waals surface area contributed by atoms with Crippen molar-refractivity contribution in [3.63, 3.8) is 0 Å². The Balaban J connectivity index is 2.85. The summed E-state index contributed by atoms with van der Waals surface area (Å²) >= 11 is 0. The van der Waals surface area contributed by atoms with Crippen molar-refractivity contribution in [3.05, 3.63) is 29.0 Å². The second-order valence-electron chi connectivity index (χ2n) is 3.72. The number of hydrogen-bond donors (Lipinski definition) is 2. The van der Waals surface area contributed by atoms with Crippen molar-refractivity contribution < 1.29 is 9.84 Å². The normalized spacial score (nSPS) is 10.9. The van der Waals surface area contributed by atoms with E-state index < -0.39 is 0 Å². The van der Waals surface area contributed by atoms with Gasteiger partial charge in [0.1, 0.15) is 5.75 Å². The number of aryl methyl sites for hydroxylation is 2. The van der Waals surface area contributed by atoms with Crippen LogP contribution in [0.15, 0.2) is 12.1 Å². The molecule has 80 valence electrons. The molecular formula is C12H15NO2. The van der Waals surface area contributed by atoms with Crippen molar-refractivity contribution in [2.75, 3.05) is 7.11 Å². The molecule has 2 rings (SSSR count). The van der Waals surface area contributed by atoms with E-state index in [0.29, 0.717) is 0 Å². The minimum Gasteiger partial charge on any atom is -0.495 e. The molecule has 0 atom stereocenters. The van der Waals surface area contributed by atoms with Crippen LogP contribution in [0.25, 0.3) is 10.9 Å². The molecule has 1 heterocycles. The van der Waals surface area contributed by atoms with Crippen molar-refractivity contribution in [2.45, 2.75) is 20.5 Å². The highest BCUT2D eigenvalue weighted by Crippen LogP contribution is 2.31. The van der Waals surface area contributed by atoms with Gasteiger partial charge in [0, 0.05) is 11.1 Å². The lowest BCUT2D eigenvalue weighted by Gasteiger charge is -2.03. The lowest BCUT2D eigenvalue weighted by molar-refractivity contribution is 0.277. The second-order valence-corrected chi connectivity index (χ2v) is 3.72. The largest absolute Gasteiger partial charge is 0.495 e. The summed E-state index contributed by atoms with van der Waals surface area (Å²) in [6.45, 7) is 4.10. The van der Waals surface area contributed by atoms with E-state index in [4.69, 9.17) is 4.74 Å². The first-order valence-electron chi connectivity index (χ1n) is 4.94. The number of aliphatic hydroxyl groups is 1. The molecule has 1 aromatic carbocycles. The maximum Gasteiger partial charge on any atom is 0.142 e. The van der Waals surface area contributed by atoms with Gasteiger partial charge < -0.3 is 14.8 Å². The van der Waals surface area contributed by atoms with Gasteiger partial charge in [-0.05, 0) is 31.0 Å². The molecule has 0 aliphatic heterocycles. The molecule has 3 heteroatoms. The number of aromatic nitrogens is 1. The van der Waals surface area contributed by atoms with Crippen LogP contribution in [0.3, 0.4) is 0 Å². The standard InChI is InChI=1S/C12H15NO2/c1-7-4-5-10(15-3)12-11(7)8(2)9(6-14)13-12/h4-5,13-14H,6H2,1-3H3. The zero-order valence-electron chi connectivity index (χ0n) is 9.22. The first-order valence-corrected chi connectivity index (χ1v) is 4.94. The Kier molecular flexibility index (Phi) is 2.40. The van der Waals surface area contributed by atoms with Crippen molar-refractivity contribution in [1.82, 2.24) is 4.98 Å². The lowest BCUT2D eigenvalue weighted by Crippen LogP contribution is -1.85. The number of hydrogen-bond acceptors (Lipinski definition) is 2. The number of benzene rings is 1. The molecule has 2 aromatic rings. The number of ether oxygens (including phenoxy) is 1. The summed E-state index contributed by atoms with van der Waals surface area (Å²) in [6.07, 6.45) is 0. The Bertz CT molecular complexity index is 500. The summed E-state index contributed by atoms with van der Waals surface area (Å²) in [5, 5.41) is 10.4. The van der Waals surface area contributed by atoms with E-state index >= 15 is 0 Å². The van der Waals surface area contributed by atoms with Gasteiger partial charge in [-0.15, -0.1) is 0 Å². The van der Waals surface area contributed by atoms with Gasteiger partial charge in [0.25, 0.3) is 0 Å². The third-order valence-electron chi connectivity index (χ3n) is 2.86. The van der Waals surface area contributed by atoms with E-state index in [9.17, 15) is 5.11 Å². The fourth-order valence-corrected chi connectivity index (χ4v) is 2.02. The van der Waals surface area contributed by atoms with Crippen LogP contribution in [0.5, 0.6) is 5.75 Å². The number of rotatable bonds is 2. The molecule has 0 unspecified atom stereocenters. The monoisotopic (exact) mass is 205 g/mol. The number of nitrogens with one attached hydrogen (secondary N) is 1. The SMILES string of the molecule is COc1ccc(C)c2c(C)c(CO)[nH]c12. The average molecular weight is 205 g/mol. The summed E-state index contributed by atoms with van der Waals surface area (Å²) in [7, 11) is 1.65. The third-order valence-corrected chi connectivity index (χ3v) is 2.86. The van der Waals surface area contributed by atoms with E-state index in [1.54, 1.807) is 7.11 Å². The molecule has 2 N–H and O–H groups in total. The number of methoxy groups -OCH3 is 1. The van der Waals surface area contributed by atoms with E-state index in [1.807, 2.05) is 19.1 Å². The first-order chi connectivity index (χ1) is 7.19. The van der Waals surface area contributed by atoms with Gasteiger partial charge >= 0.3 is 0 Å². The molecule has 0 spiro atoms.